The van der Waals surface area contributed by atoms with Crippen LogP contribution in [0.4, 0.5) is 0 Å². The van der Waals surface area contributed by atoms with Gasteiger partial charge in [-0.2, -0.15) is 0 Å². The topological polar surface area (TPSA) is 20.2 Å². The predicted molar refractivity (Wildman–Crippen MR) is 54.4 cm³/mol. The second kappa shape index (κ2) is 2.50. The van der Waals surface area contributed by atoms with Crippen molar-refractivity contribution in [3.05, 3.63) is 0 Å². The average molecular weight is 182 g/mol. The molecule has 1 nitrogen and oxygen atoms in total. The standard InChI is InChI=1S/C12H22O/c1-5-8-6-9-7-10(11(9,2)3)12(8,4)13/h8-10,13H,5-7H2,1-4H3/t8-,9+,10-,12+/m0/s1. The van der Waals surface area contributed by atoms with E-state index in [0.717, 1.165) is 12.3 Å². The normalized spacial score (nSPS) is 52.8. The van der Waals surface area contributed by atoms with Crippen molar-refractivity contribution in [2.24, 2.45) is 23.2 Å². The smallest absolute Gasteiger partial charge is 0.0681 e. The molecule has 0 aromatic heterocycles. The van der Waals surface area contributed by atoms with Gasteiger partial charge in [-0.15, -0.1) is 0 Å². The summed E-state index contributed by atoms with van der Waals surface area (Å²) in [5, 5.41) is 10.5. The van der Waals surface area contributed by atoms with Gasteiger partial charge in [-0.05, 0) is 42.9 Å². The zero-order chi connectivity index (χ0) is 9.85. The van der Waals surface area contributed by atoms with Gasteiger partial charge in [-0.1, -0.05) is 27.2 Å². The molecule has 0 unspecified atom stereocenters. The molecule has 3 saturated carbocycles. The van der Waals surface area contributed by atoms with Crippen LogP contribution in [0.1, 0.15) is 47.0 Å². The Kier molecular flexibility index (Phi) is 1.83. The van der Waals surface area contributed by atoms with Gasteiger partial charge in [-0.3, -0.25) is 0 Å². The molecule has 3 rings (SSSR count). The molecule has 1 heteroatoms. The first-order chi connectivity index (χ1) is 5.90. The van der Waals surface area contributed by atoms with Gasteiger partial charge >= 0.3 is 0 Å². The van der Waals surface area contributed by atoms with Gasteiger partial charge in [0.05, 0.1) is 5.60 Å². The van der Waals surface area contributed by atoms with Gasteiger partial charge in [0.15, 0.2) is 0 Å². The molecule has 3 aliphatic carbocycles. The Labute approximate surface area is 81.5 Å². The Morgan fingerprint density at radius 1 is 1.23 bits per heavy atom. The highest BCUT2D eigenvalue weighted by molar-refractivity contribution is 5.11. The first-order valence-electron chi connectivity index (χ1n) is 5.63. The largest absolute Gasteiger partial charge is 0.390 e. The third kappa shape index (κ3) is 1.03. The van der Waals surface area contributed by atoms with Crippen molar-refractivity contribution in [3.8, 4) is 0 Å². The van der Waals surface area contributed by atoms with Gasteiger partial charge in [0, 0.05) is 0 Å². The van der Waals surface area contributed by atoms with Crippen LogP contribution < -0.4 is 0 Å². The fourth-order valence-corrected chi connectivity index (χ4v) is 3.85. The summed E-state index contributed by atoms with van der Waals surface area (Å²) in [5.41, 5.74) is 0.00215. The molecule has 1 N–H and O–H groups in total. The Hall–Kier alpha value is -0.0400. The summed E-state index contributed by atoms with van der Waals surface area (Å²) in [4.78, 5) is 0. The molecular weight excluding hydrogens is 160 g/mol. The molecule has 3 fully saturated rings. The van der Waals surface area contributed by atoms with E-state index >= 15 is 0 Å². The van der Waals surface area contributed by atoms with Gasteiger partial charge in [-0.25, -0.2) is 0 Å². The lowest BCUT2D eigenvalue weighted by Gasteiger charge is -2.65. The predicted octanol–water partition coefficient (Wildman–Crippen LogP) is 2.83. The van der Waals surface area contributed by atoms with Crippen molar-refractivity contribution in [1.82, 2.24) is 0 Å². The molecule has 2 bridgehead atoms. The summed E-state index contributed by atoms with van der Waals surface area (Å²) in [6.45, 7) is 8.91. The van der Waals surface area contributed by atoms with E-state index in [0.29, 0.717) is 17.3 Å². The Morgan fingerprint density at radius 2 is 1.85 bits per heavy atom. The lowest BCUT2D eigenvalue weighted by Crippen LogP contribution is -2.64. The SMILES string of the molecule is CC[C@H]1C[C@@H]2C[C@@H](C2(C)C)[C@]1(C)O. The summed E-state index contributed by atoms with van der Waals surface area (Å²) in [6, 6.07) is 0. The van der Waals surface area contributed by atoms with Crippen molar-refractivity contribution in [1.29, 1.82) is 0 Å². The first-order valence-corrected chi connectivity index (χ1v) is 5.63. The molecule has 0 aliphatic heterocycles. The maximum Gasteiger partial charge on any atom is 0.0681 e. The minimum Gasteiger partial charge on any atom is -0.390 e. The van der Waals surface area contributed by atoms with E-state index in [4.69, 9.17) is 0 Å². The van der Waals surface area contributed by atoms with E-state index in [1.165, 1.54) is 12.8 Å². The third-order valence-corrected chi connectivity index (χ3v) is 5.06. The minimum atomic E-state index is -0.396. The molecule has 0 amide bonds. The van der Waals surface area contributed by atoms with Crippen molar-refractivity contribution < 1.29 is 5.11 Å². The second-order valence-electron chi connectivity index (χ2n) is 5.87. The number of fused-ring (bicyclic) bond motifs is 2. The van der Waals surface area contributed by atoms with Crippen LogP contribution in [-0.4, -0.2) is 10.7 Å². The summed E-state index contributed by atoms with van der Waals surface area (Å²) in [6.07, 6.45) is 3.64. The molecule has 0 saturated heterocycles. The van der Waals surface area contributed by atoms with Crippen LogP contribution >= 0.6 is 0 Å². The summed E-state index contributed by atoms with van der Waals surface area (Å²) in [7, 11) is 0. The maximum absolute atomic E-state index is 10.5. The van der Waals surface area contributed by atoms with Crippen LogP contribution in [0.25, 0.3) is 0 Å². The van der Waals surface area contributed by atoms with Crippen molar-refractivity contribution in [2.45, 2.75) is 52.6 Å². The minimum absolute atomic E-state index is 0.396. The van der Waals surface area contributed by atoms with E-state index < -0.39 is 5.60 Å². The molecular formula is C12H22O. The average Bonchev–Trinajstić information content (AvgIpc) is 2.01. The van der Waals surface area contributed by atoms with E-state index in [1.807, 2.05) is 0 Å². The van der Waals surface area contributed by atoms with E-state index in [-0.39, 0.29) is 0 Å². The van der Waals surface area contributed by atoms with E-state index in [9.17, 15) is 5.11 Å². The second-order valence-corrected chi connectivity index (χ2v) is 5.87. The number of hydrogen-bond acceptors (Lipinski definition) is 1. The van der Waals surface area contributed by atoms with Crippen LogP contribution in [0.3, 0.4) is 0 Å². The van der Waals surface area contributed by atoms with Crippen LogP contribution in [0.15, 0.2) is 0 Å². The number of rotatable bonds is 1. The first kappa shape index (κ1) is 9.51. The van der Waals surface area contributed by atoms with Crippen LogP contribution in [0.5, 0.6) is 0 Å². The molecule has 0 spiro atoms. The quantitative estimate of drug-likeness (QED) is 0.661. The number of hydrogen-bond donors (Lipinski definition) is 1. The van der Waals surface area contributed by atoms with Crippen molar-refractivity contribution in [3.63, 3.8) is 0 Å². The molecule has 4 atom stereocenters. The van der Waals surface area contributed by atoms with Crippen molar-refractivity contribution >= 4 is 0 Å². The summed E-state index contributed by atoms with van der Waals surface area (Å²) >= 11 is 0. The molecule has 0 radical (unpaired) electrons. The molecule has 0 heterocycles. The Bertz CT molecular complexity index is 217. The highest BCUT2D eigenvalue weighted by Crippen LogP contribution is 2.64. The number of aliphatic hydroxyl groups is 1. The lowest BCUT2D eigenvalue weighted by atomic mass is 9.41. The Morgan fingerprint density at radius 3 is 2.23 bits per heavy atom. The fraction of sp³-hybridized carbons (Fsp3) is 1.00. The summed E-state index contributed by atoms with van der Waals surface area (Å²) in [5.74, 6) is 1.97. The maximum atomic E-state index is 10.5. The van der Waals surface area contributed by atoms with Crippen LogP contribution in [0, 0.1) is 23.2 Å². The van der Waals surface area contributed by atoms with Crippen molar-refractivity contribution in [2.75, 3.05) is 0 Å². The Balaban J connectivity index is 2.23. The molecule has 13 heavy (non-hydrogen) atoms. The van der Waals surface area contributed by atoms with Crippen LogP contribution in [-0.2, 0) is 0 Å². The van der Waals surface area contributed by atoms with E-state index in [1.54, 1.807) is 0 Å². The highest BCUT2D eigenvalue weighted by Gasteiger charge is 2.61. The van der Waals surface area contributed by atoms with E-state index in [2.05, 4.69) is 27.7 Å². The highest BCUT2D eigenvalue weighted by atomic mass is 16.3. The fourth-order valence-electron chi connectivity index (χ4n) is 3.85. The van der Waals surface area contributed by atoms with Gasteiger partial charge in [0.2, 0.25) is 0 Å². The zero-order valence-corrected chi connectivity index (χ0v) is 9.30. The van der Waals surface area contributed by atoms with Gasteiger partial charge < -0.3 is 5.11 Å². The third-order valence-electron chi connectivity index (χ3n) is 5.06. The molecule has 0 aromatic carbocycles. The zero-order valence-electron chi connectivity index (χ0n) is 9.30. The van der Waals surface area contributed by atoms with Gasteiger partial charge in [0.25, 0.3) is 0 Å². The molecule has 0 aromatic rings. The molecule has 3 aliphatic rings. The van der Waals surface area contributed by atoms with Gasteiger partial charge in [0.1, 0.15) is 0 Å². The summed E-state index contributed by atoms with van der Waals surface area (Å²) < 4.78 is 0. The monoisotopic (exact) mass is 182 g/mol. The van der Waals surface area contributed by atoms with Crippen LogP contribution in [0.2, 0.25) is 0 Å². The molecule has 76 valence electrons. The lowest BCUT2D eigenvalue weighted by molar-refractivity contribution is -0.225.